The molecule has 4 heteroatoms. The summed E-state index contributed by atoms with van der Waals surface area (Å²) in [6.45, 7) is 17.9. The molecule has 2 fully saturated rings. The van der Waals surface area contributed by atoms with Crippen LogP contribution in [0.5, 0.6) is 0 Å². The fraction of sp³-hybridized carbons (Fsp3) is 1.00. The molecule has 141 valence electrons. The lowest BCUT2D eigenvalue weighted by atomic mass is 9.74. The highest BCUT2D eigenvalue weighted by Crippen LogP contribution is 2.43. The molecule has 0 spiro atoms. The molecule has 0 amide bonds. The normalized spacial score (nSPS) is 31.5. The zero-order chi connectivity index (χ0) is 18.7. The number of likely N-dealkylation sites (tertiary alicyclic amines) is 1. The molecule has 2 aliphatic heterocycles. The van der Waals surface area contributed by atoms with Crippen LogP contribution in [0.15, 0.2) is 0 Å². The van der Waals surface area contributed by atoms with E-state index in [2.05, 4.69) is 79.3 Å². The van der Waals surface area contributed by atoms with Crippen molar-refractivity contribution in [1.29, 1.82) is 0 Å². The molecule has 0 bridgehead atoms. The minimum atomic E-state index is -0.294. The first-order chi connectivity index (χ1) is 10.6. The summed E-state index contributed by atoms with van der Waals surface area (Å²) in [5.74, 6) is 0. The van der Waals surface area contributed by atoms with Gasteiger partial charge in [0.25, 0.3) is 0 Å². The van der Waals surface area contributed by atoms with Crippen LogP contribution in [-0.2, 0) is 5.21 Å². The van der Waals surface area contributed by atoms with E-state index in [-0.39, 0.29) is 22.2 Å². The van der Waals surface area contributed by atoms with Crippen molar-refractivity contribution in [3.63, 3.8) is 0 Å². The van der Waals surface area contributed by atoms with Crippen LogP contribution in [0, 0.1) is 0 Å². The van der Waals surface area contributed by atoms with Crippen molar-refractivity contribution in [2.75, 3.05) is 14.1 Å². The van der Waals surface area contributed by atoms with Gasteiger partial charge in [-0.2, -0.15) is 0 Å². The highest BCUT2D eigenvalue weighted by molar-refractivity contribution is 5.04. The summed E-state index contributed by atoms with van der Waals surface area (Å²) >= 11 is 0. The van der Waals surface area contributed by atoms with Gasteiger partial charge in [0.05, 0.1) is 0 Å². The highest BCUT2D eigenvalue weighted by Gasteiger charge is 2.50. The molecule has 0 N–H and O–H groups in total. The monoisotopic (exact) mass is 338 g/mol. The van der Waals surface area contributed by atoms with E-state index in [9.17, 15) is 5.21 Å². The number of hydroxylamine groups is 2. The van der Waals surface area contributed by atoms with Gasteiger partial charge < -0.3 is 4.90 Å². The Morgan fingerprint density at radius 3 is 1.33 bits per heavy atom. The third-order valence-corrected chi connectivity index (χ3v) is 7.01. The molecule has 2 aliphatic rings. The maximum atomic E-state index is 12.7. The Balaban J connectivity index is 2.21. The van der Waals surface area contributed by atoms with Crippen molar-refractivity contribution in [3.05, 3.63) is 0 Å². The van der Waals surface area contributed by atoms with Gasteiger partial charge in [0.15, 0.2) is 0 Å². The second kappa shape index (κ2) is 5.94. The van der Waals surface area contributed by atoms with Gasteiger partial charge in [-0.3, -0.25) is 4.90 Å². The van der Waals surface area contributed by atoms with Gasteiger partial charge in [-0.1, -0.05) is 0 Å². The Morgan fingerprint density at radius 1 is 0.708 bits per heavy atom. The zero-order valence-corrected chi connectivity index (χ0v) is 17.7. The van der Waals surface area contributed by atoms with Crippen LogP contribution >= 0.6 is 0 Å². The topological polar surface area (TPSA) is 29.6 Å². The number of hydrogen-bond acceptors (Lipinski definition) is 3. The molecule has 0 aliphatic carbocycles. The van der Waals surface area contributed by atoms with Crippen molar-refractivity contribution < 1.29 is 5.21 Å². The predicted molar refractivity (Wildman–Crippen MR) is 100 cm³/mol. The molecule has 0 saturated carbocycles. The third kappa shape index (κ3) is 3.53. The van der Waals surface area contributed by atoms with Crippen molar-refractivity contribution in [3.8, 4) is 0 Å². The van der Waals surface area contributed by atoms with E-state index in [1.807, 2.05) is 0 Å². The molecule has 24 heavy (non-hydrogen) atoms. The lowest BCUT2D eigenvalue weighted by Gasteiger charge is -2.58. The second-order valence-corrected chi connectivity index (χ2v) is 10.9. The molecular weight excluding hydrogens is 298 g/mol. The van der Waals surface area contributed by atoms with E-state index in [1.54, 1.807) is 0 Å². The summed E-state index contributed by atoms with van der Waals surface area (Å²) in [7, 11) is 4.55. The van der Waals surface area contributed by atoms with Gasteiger partial charge in [-0.05, 0) is 95.2 Å². The van der Waals surface area contributed by atoms with Crippen LogP contribution < -0.4 is 0 Å². The second-order valence-electron chi connectivity index (χ2n) is 10.9. The molecule has 0 aromatic rings. The maximum Gasteiger partial charge on any atom is 0.0458 e. The molecule has 2 heterocycles. The van der Waals surface area contributed by atoms with Gasteiger partial charge in [0, 0.05) is 34.2 Å². The Bertz CT molecular complexity index is 392. The van der Waals surface area contributed by atoms with Crippen LogP contribution in [-0.4, -0.2) is 63.2 Å². The quantitative estimate of drug-likeness (QED) is 0.764. The summed E-state index contributed by atoms with van der Waals surface area (Å²) < 4.78 is 0. The number of hydrogen-bond donors (Lipinski definition) is 0. The Hall–Kier alpha value is -0.160. The summed E-state index contributed by atoms with van der Waals surface area (Å²) in [5.41, 5.74) is -0.190. The summed E-state index contributed by atoms with van der Waals surface area (Å²) in [6.07, 6.45) is 4.26. The smallest absolute Gasteiger partial charge is 0.0458 e. The van der Waals surface area contributed by atoms with Crippen molar-refractivity contribution in [2.45, 2.75) is 115 Å². The summed E-state index contributed by atoms with van der Waals surface area (Å²) in [4.78, 5) is 5.14. The van der Waals surface area contributed by atoms with E-state index in [1.165, 1.54) is 17.9 Å². The molecule has 0 unspecified atom stereocenters. The molecule has 2 saturated heterocycles. The Kier molecular flexibility index (Phi) is 4.99. The first kappa shape index (κ1) is 20.2. The maximum absolute atomic E-state index is 12.7. The van der Waals surface area contributed by atoms with Gasteiger partial charge in [0.2, 0.25) is 0 Å². The molecule has 0 atom stereocenters. The lowest BCUT2D eigenvalue weighted by molar-refractivity contribution is -0.295. The number of nitrogens with zero attached hydrogens (tertiary/aromatic N) is 3. The van der Waals surface area contributed by atoms with Crippen LogP contribution in [0.25, 0.3) is 0 Å². The molecule has 1 radical (unpaired) electrons. The van der Waals surface area contributed by atoms with E-state index in [0.717, 1.165) is 12.8 Å². The van der Waals surface area contributed by atoms with Crippen LogP contribution in [0.3, 0.4) is 0 Å². The molecule has 4 nitrogen and oxygen atoms in total. The van der Waals surface area contributed by atoms with Gasteiger partial charge in [-0.25, -0.2) is 0 Å². The summed E-state index contributed by atoms with van der Waals surface area (Å²) in [6, 6.07) is 1.04. The first-order valence-corrected chi connectivity index (χ1v) is 9.54. The molecule has 2 rings (SSSR count). The molecular formula is C20H40N3O. The minimum Gasteiger partial charge on any atom is -0.300 e. The van der Waals surface area contributed by atoms with E-state index in [4.69, 9.17) is 0 Å². The largest absolute Gasteiger partial charge is 0.300 e. The van der Waals surface area contributed by atoms with Crippen molar-refractivity contribution >= 4 is 0 Å². The Morgan fingerprint density at radius 2 is 1.00 bits per heavy atom. The standard InChI is InChI=1S/C20H40N3O/c1-17(2)11-15(12-18(3,4)22(17)10)21(9)16-13-19(5,6)23(24)20(7,8)14-16/h15-16H,11-14H2,1-10H3. The van der Waals surface area contributed by atoms with Gasteiger partial charge >= 0.3 is 0 Å². The first-order valence-electron chi connectivity index (χ1n) is 9.54. The predicted octanol–water partition coefficient (Wildman–Crippen LogP) is 3.94. The van der Waals surface area contributed by atoms with Gasteiger partial charge in [0.1, 0.15) is 0 Å². The van der Waals surface area contributed by atoms with Crippen molar-refractivity contribution in [2.24, 2.45) is 0 Å². The van der Waals surface area contributed by atoms with E-state index < -0.39 is 0 Å². The van der Waals surface area contributed by atoms with Crippen molar-refractivity contribution in [1.82, 2.24) is 14.9 Å². The average Bonchev–Trinajstić information content (AvgIpc) is 2.39. The van der Waals surface area contributed by atoms with Crippen LogP contribution in [0.1, 0.15) is 81.1 Å². The fourth-order valence-corrected chi connectivity index (χ4v) is 5.40. The molecule has 0 aromatic heterocycles. The minimum absolute atomic E-state index is 0.199. The highest BCUT2D eigenvalue weighted by atomic mass is 16.5. The fourth-order valence-electron chi connectivity index (χ4n) is 5.40. The van der Waals surface area contributed by atoms with Crippen LogP contribution in [0.4, 0.5) is 0 Å². The summed E-state index contributed by atoms with van der Waals surface area (Å²) in [5, 5.41) is 14.0. The molecule has 0 aromatic carbocycles. The van der Waals surface area contributed by atoms with Crippen LogP contribution in [0.2, 0.25) is 0 Å². The van der Waals surface area contributed by atoms with E-state index >= 15 is 0 Å². The van der Waals surface area contributed by atoms with Gasteiger partial charge in [-0.15, -0.1) is 10.3 Å². The SMILES string of the molecule is CN(C1CC(C)(C)N(C)C(C)(C)C1)C1CC(C)(C)N([O])C(C)(C)C1. The number of piperidine rings is 2. The lowest BCUT2D eigenvalue weighted by Crippen LogP contribution is -2.66. The third-order valence-electron chi connectivity index (χ3n) is 7.01. The average molecular weight is 339 g/mol. The zero-order valence-electron chi connectivity index (χ0n) is 17.7. The van der Waals surface area contributed by atoms with E-state index in [0.29, 0.717) is 12.1 Å². The Labute approximate surface area is 150 Å². The number of rotatable bonds is 2.